The zero-order chi connectivity index (χ0) is 13.5. The Hall–Kier alpha value is -0.870. The molecule has 102 valence electrons. The van der Waals surface area contributed by atoms with Crippen LogP contribution in [0.3, 0.4) is 0 Å². The van der Waals surface area contributed by atoms with Crippen molar-refractivity contribution in [3.63, 3.8) is 0 Å². The van der Waals surface area contributed by atoms with Gasteiger partial charge in [0, 0.05) is 37.6 Å². The Morgan fingerprint density at radius 1 is 1.17 bits per heavy atom. The molecule has 0 spiro atoms. The van der Waals surface area contributed by atoms with Gasteiger partial charge in [-0.05, 0) is 20.0 Å². The van der Waals surface area contributed by atoms with Crippen LogP contribution in [0.15, 0.2) is 12.4 Å². The van der Waals surface area contributed by atoms with Crippen LogP contribution in [-0.4, -0.2) is 48.6 Å². The Morgan fingerprint density at radius 2 is 1.78 bits per heavy atom. The fraction of sp³-hybridized carbons (Fsp3) is 0.692. The summed E-state index contributed by atoms with van der Waals surface area (Å²) in [7, 11) is 4.15. The summed E-state index contributed by atoms with van der Waals surface area (Å²) in [5.74, 6) is 1.84. The number of aromatic nitrogens is 2. The summed E-state index contributed by atoms with van der Waals surface area (Å²) in [6.07, 6.45) is 3.61. The zero-order valence-corrected chi connectivity index (χ0v) is 12.5. The molecular weight excluding hydrogens is 248 g/mol. The molecule has 0 aliphatic carbocycles. The smallest absolute Gasteiger partial charge is 0.225 e. The van der Waals surface area contributed by atoms with E-state index in [4.69, 9.17) is 11.6 Å². The maximum absolute atomic E-state index is 5.75. The summed E-state index contributed by atoms with van der Waals surface area (Å²) in [5, 5.41) is 0. The molecule has 5 heteroatoms. The van der Waals surface area contributed by atoms with Crippen molar-refractivity contribution in [2.75, 3.05) is 38.6 Å². The van der Waals surface area contributed by atoms with E-state index in [1.165, 1.54) is 0 Å². The molecular formula is C13H23ClN4. The molecule has 0 saturated carbocycles. The summed E-state index contributed by atoms with van der Waals surface area (Å²) >= 11 is 5.75. The third-order valence-corrected chi connectivity index (χ3v) is 2.84. The maximum atomic E-state index is 5.75. The van der Waals surface area contributed by atoms with Crippen LogP contribution < -0.4 is 4.90 Å². The van der Waals surface area contributed by atoms with E-state index in [1.54, 1.807) is 12.4 Å². The highest BCUT2D eigenvalue weighted by Crippen LogP contribution is 2.10. The van der Waals surface area contributed by atoms with Crippen molar-refractivity contribution in [3.05, 3.63) is 18.0 Å². The van der Waals surface area contributed by atoms with Gasteiger partial charge in [0.15, 0.2) is 0 Å². The SMILES string of the molecule is CC(C)CN(CCN(C)C)c1ncc(CCl)cn1. The van der Waals surface area contributed by atoms with E-state index < -0.39 is 0 Å². The number of hydrogen-bond acceptors (Lipinski definition) is 4. The highest BCUT2D eigenvalue weighted by atomic mass is 35.5. The molecule has 1 heterocycles. The lowest BCUT2D eigenvalue weighted by molar-refractivity contribution is 0.407. The minimum absolute atomic E-state index is 0.460. The van der Waals surface area contributed by atoms with Crippen LogP contribution in [0.1, 0.15) is 19.4 Å². The van der Waals surface area contributed by atoms with Gasteiger partial charge in [-0.1, -0.05) is 13.8 Å². The molecule has 4 nitrogen and oxygen atoms in total. The number of alkyl halides is 1. The van der Waals surface area contributed by atoms with Gasteiger partial charge in [0.2, 0.25) is 5.95 Å². The lowest BCUT2D eigenvalue weighted by atomic mass is 10.2. The number of rotatable bonds is 7. The fourth-order valence-electron chi connectivity index (χ4n) is 1.61. The van der Waals surface area contributed by atoms with Crippen molar-refractivity contribution >= 4 is 17.5 Å². The van der Waals surface area contributed by atoms with Crippen LogP contribution in [0.4, 0.5) is 5.95 Å². The molecule has 0 radical (unpaired) electrons. The number of hydrogen-bond donors (Lipinski definition) is 0. The van der Waals surface area contributed by atoms with Gasteiger partial charge in [-0.2, -0.15) is 0 Å². The molecule has 18 heavy (non-hydrogen) atoms. The summed E-state index contributed by atoms with van der Waals surface area (Å²) in [4.78, 5) is 13.2. The average molecular weight is 271 g/mol. The summed E-state index contributed by atoms with van der Waals surface area (Å²) in [6.45, 7) is 7.30. The van der Waals surface area contributed by atoms with E-state index in [0.717, 1.165) is 31.1 Å². The summed E-state index contributed by atoms with van der Waals surface area (Å²) < 4.78 is 0. The first-order valence-corrected chi connectivity index (χ1v) is 6.83. The Balaban J connectivity index is 2.73. The van der Waals surface area contributed by atoms with Gasteiger partial charge in [-0.15, -0.1) is 11.6 Å². The third kappa shape index (κ3) is 5.19. The summed E-state index contributed by atoms with van der Waals surface area (Å²) in [6, 6.07) is 0. The molecule has 1 aromatic heterocycles. The molecule has 0 bridgehead atoms. The van der Waals surface area contributed by atoms with Gasteiger partial charge in [0.25, 0.3) is 0 Å². The van der Waals surface area contributed by atoms with E-state index in [-0.39, 0.29) is 0 Å². The molecule has 0 atom stereocenters. The van der Waals surface area contributed by atoms with Crippen LogP contribution in [0, 0.1) is 5.92 Å². The topological polar surface area (TPSA) is 32.3 Å². The van der Waals surface area contributed by atoms with Gasteiger partial charge < -0.3 is 9.80 Å². The largest absolute Gasteiger partial charge is 0.339 e. The van der Waals surface area contributed by atoms with Crippen molar-refractivity contribution in [1.82, 2.24) is 14.9 Å². The van der Waals surface area contributed by atoms with Gasteiger partial charge in [0.05, 0.1) is 5.88 Å². The van der Waals surface area contributed by atoms with E-state index in [2.05, 4.69) is 47.7 Å². The fourth-order valence-corrected chi connectivity index (χ4v) is 1.75. The Bertz CT molecular complexity index is 337. The predicted octanol–water partition coefficient (Wildman–Crippen LogP) is 2.24. The van der Waals surface area contributed by atoms with Gasteiger partial charge in [0.1, 0.15) is 0 Å². The van der Waals surface area contributed by atoms with Gasteiger partial charge in [-0.3, -0.25) is 0 Å². The van der Waals surface area contributed by atoms with Gasteiger partial charge in [-0.25, -0.2) is 9.97 Å². The van der Waals surface area contributed by atoms with Crippen molar-refractivity contribution in [2.24, 2.45) is 5.92 Å². The molecule has 1 rings (SSSR count). The minimum Gasteiger partial charge on any atom is -0.339 e. The van der Waals surface area contributed by atoms with Crippen molar-refractivity contribution in [3.8, 4) is 0 Å². The molecule has 1 aromatic rings. The lowest BCUT2D eigenvalue weighted by Crippen LogP contribution is -2.35. The Morgan fingerprint density at radius 3 is 2.22 bits per heavy atom. The highest BCUT2D eigenvalue weighted by molar-refractivity contribution is 6.17. The molecule has 0 N–H and O–H groups in total. The van der Waals surface area contributed by atoms with Crippen molar-refractivity contribution < 1.29 is 0 Å². The maximum Gasteiger partial charge on any atom is 0.225 e. The van der Waals surface area contributed by atoms with E-state index >= 15 is 0 Å². The predicted molar refractivity (Wildman–Crippen MR) is 77.2 cm³/mol. The number of nitrogens with zero attached hydrogens (tertiary/aromatic N) is 4. The zero-order valence-electron chi connectivity index (χ0n) is 11.7. The second-order valence-electron chi connectivity index (χ2n) is 5.17. The van der Waals surface area contributed by atoms with Crippen LogP contribution in [0.25, 0.3) is 0 Å². The number of likely N-dealkylation sites (N-methyl/N-ethyl adjacent to an activating group) is 1. The van der Waals surface area contributed by atoms with Gasteiger partial charge >= 0.3 is 0 Å². The van der Waals surface area contributed by atoms with Crippen molar-refractivity contribution in [1.29, 1.82) is 0 Å². The van der Waals surface area contributed by atoms with Crippen LogP contribution >= 0.6 is 11.6 Å². The minimum atomic E-state index is 0.460. The normalized spacial score (nSPS) is 11.3. The van der Waals surface area contributed by atoms with Crippen molar-refractivity contribution in [2.45, 2.75) is 19.7 Å². The van der Waals surface area contributed by atoms with E-state index in [0.29, 0.717) is 11.8 Å². The quantitative estimate of drug-likeness (QED) is 0.712. The van der Waals surface area contributed by atoms with E-state index in [9.17, 15) is 0 Å². The molecule has 0 aliphatic heterocycles. The number of anilines is 1. The Labute approximate surface area is 115 Å². The van der Waals surface area contributed by atoms with Crippen LogP contribution in [0.5, 0.6) is 0 Å². The molecule has 0 aliphatic rings. The first-order valence-electron chi connectivity index (χ1n) is 6.29. The average Bonchev–Trinajstić information content (AvgIpc) is 2.34. The molecule has 0 aromatic carbocycles. The molecule has 0 amide bonds. The first-order chi connectivity index (χ1) is 8.52. The Kier molecular flexibility index (Phi) is 6.36. The summed E-state index contributed by atoms with van der Waals surface area (Å²) in [5.41, 5.74) is 0.956. The molecule has 0 saturated heterocycles. The van der Waals surface area contributed by atoms with Crippen LogP contribution in [0.2, 0.25) is 0 Å². The van der Waals surface area contributed by atoms with Crippen LogP contribution in [-0.2, 0) is 5.88 Å². The lowest BCUT2D eigenvalue weighted by Gasteiger charge is -2.26. The molecule has 0 unspecified atom stereocenters. The second-order valence-corrected chi connectivity index (χ2v) is 5.44. The standard InChI is InChI=1S/C13H23ClN4/c1-11(2)10-18(6-5-17(3)4)13-15-8-12(7-14)9-16-13/h8-9,11H,5-7,10H2,1-4H3. The molecule has 0 fully saturated rings. The second kappa shape index (κ2) is 7.54. The first kappa shape index (κ1) is 15.2. The highest BCUT2D eigenvalue weighted by Gasteiger charge is 2.11. The third-order valence-electron chi connectivity index (χ3n) is 2.53. The van der Waals surface area contributed by atoms with E-state index in [1.807, 2.05) is 0 Å². The number of halogens is 1. The monoisotopic (exact) mass is 270 g/mol.